The third kappa shape index (κ3) is 1.06. The molecule has 0 unspecified atom stereocenters. The first-order valence-electron chi connectivity index (χ1n) is 4.33. The first kappa shape index (κ1) is 7.76. The number of benzene rings is 1. The molecule has 3 heteroatoms. The van der Waals surface area contributed by atoms with E-state index in [0.717, 1.165) is 16.8 Å². The van der Waals surface area contributed by atoms with Gasteiger partial charge in [-0.15, -0.1) is 0 Å². The zero-order valence-electron chi connectivity index (χ0n) is 7.31. The largest absolute Gasteiger partial charge is 0.463 e. The molecule has 2 nitrogen and oxygen atoms in total. The molecule has 0 fully saturated rings. The van der Waals surface area contributed by atoms with Crippen LogP contribution in [0.2, 0.25) is 0 Å². The van der Waals surface area contributed by atoms with Gasteiger partial charge in [-0.25, -0.2) is 0 Å². The van der Waals surface area contributed by atoms with Crippen LogP contribution in [0, 0.1) is 0 Å². The van der Waals surface area contributed by atoms with Crippen LogP contribution >= 0.6 is 11.5 Å². The van der Waals surface area contributed by atoms with Crippen molar-refractivity contribution < 1.29 is 4.42 Å². The van der Waals surface area contributed by atoms with E-state index in [-0.39, 0.29) is 0 Å². The summed E-state index contributed by atoms with van der Waals surface area (Å²) in [6, 6.07) is 12.0. The van der Waals surface area contributed by atoms with Crippen LogP contribution in [0.4, 0.5) is 0 Å². The molecule has 14 heavy (non-hydrogen) atoms. The molecule has 3 rings (SSSR count). The van der Waals surface area contributed by atoms with Crippen LogP contribution in [0.5, 0.6) is 0 Å². The molecule has 0 aliphatic carbocycles. The van der Waals surface area contributed by atoms with E-state index in [4.69, 9.17) is 4.42 Å². The summed E-state index contributed by atoms with van der Waals surface area (Å²) < 4.78 is 10.9. The number of fused-ring (bicyclic) bond motifs is 1. The van der Waals surface area contributed by atoms with Crippen LogP contribution in [0.3, 0.4) is 0 Å². The van der Waals surface area contributed by atoms with Crippen LogP contribution in [-0.4, -0.2) is 4.37 Å². The Hall–Kier alpha value is -1.61. The highest BCUT2D eigenvalue weighted by Gasteiger charge is 2.09. The van der Waals surface area contributed by atoms with Crippen molar-refractivity contribution in [3.63, 3.8) is 0 Å². The predicted octanol–water partition coefficient (Wildman–Crippen LogP) is 3.56. The third-order valence-corrected chi connectivity index (χ3v) is 2.96. The molecule has 0 atom stereocenters. The Morgan fingerprint density at radius 3 is 2.86 bits per heavy atom. The Kier molecular flexibility index (Phi) is 1.64. The lowest BCUT2D eigenvalue weighted by molar-refractivity contribution is 0.581. The highest BCUT2D eigenvalue weighted by atomic mass is 32.1. The number of hydrogen-bond acceptors (Lipinski definition) is 3. The molecule has 1 aromatic carbocycles. The zero-order chi connectivity index (χ0) is 9.38. The monoisotopic (exact) mass is 201 g/mol. The third-order valence-electron chi connectivity index (χ3n) is 2.13. The highest BCUT2D eigenvalue weighted by Crippen LogP contribution is 2.30. The van der Waals surface area contributed by atoms with Gasteiger partial charge in [-0.2, -0.15) is 4.37 Å². The van der Waals surface area contributed by atoms with Gasteiger partial charge < -0.3 is 4.42 Å². The van der Waals surface area contributed by atoms with Gasteiger partial charge in [0.25, 0.3) is 0 Å². The van der Waals surface area contributed by atoms with Gasteiger partial charge in [0.05, 0.1) is 11.0 Å². The van der Waals surface area contributed by atoms with Crippen LogP contribution in [0.1, 0.15) is 0 Å². The van der Waals surface area contributed by atoms with Crippen LogP contribution < -0.4 is 0 Å². The predicted molar refractivity (Wildman–Crippen MR) is 57.3 cm³/mol. The summed E-state index contributed by atoms with van der Waals surface area (Å²) in [7, 11) is 0. The van der Waals surface area contributed by atoms with Gasteiger partial charge in [-0.05, 0) is 29.7 Å². The maximum atomic E-state index is 5.33. The van der Waals surface area contributed by atoms with Gasteiger partial charge in [-0.1, -0.05) is 18.2 Å². The Bertz CT molecular complexity index is 553. The van der Waals surface area contributed by atoms with E-state index in [0.29, 0.717) is 0 Å². The van der Waals surface area contributed by atoms with E-state index in [1.165, 1.54) is 16.2 Å². The molecule has 0 aliphatic heterocycles. The first-order chi connectivity index (χ1) is 6.95. The number of nitrogens with zero attached hydrogens (tertiary/aromatic N) is 1. The van der Waals surface area contributed by atoms with Crippen molar-refractivity contribution in [3.05, 3.63) is 42.7 Å². The van der Waals surface area contributed by atoms with Crippen molar-refractivity contribution in [2.75, 3.05) is 0 Å². The Morgan fingerprint density at radius 1 is 1.07 bits per heavy atom. The standard InChI is InChI=1S/C11H7NOS/c1-2-6-10-8(4-1)11(12-14-10)9-5-3-7-13-9/h1-7H. The topological polar surface area (TPSA) is 26.0 Å². The Labute approximate surface area is 85.0 Å². The van der Waals surface area contributed by atoms with Gasteiger partial charge in [0, 0.05) is 5.39 Å². The average Bonchev–Trinajstić information content (AvgIpc) is 2.85. The second-order valence-corrected chi connectivity index (χ2v) is 3.81. The molecule has 2 heterocycles. The normalized spacial score (nSPS) is 10.9. The molecule has 68 valence electrons. The molecule has 0 N–H and O–H groups in total. The van der Waals surface area contributed by atoms with Crippen LogP contribution in [-0.2, 0) is 0 Å². The van der Waals surface area contributed by atoms with E-state index >= 15 is 0 Å². The zero-order valence-corrected chi connectivity index (χ0v) is 8.12. The second kappa shape index (κ2) is 2.96. The van der Waals surface area contributed by atoms with Crippen LogP contribution in [0.25, 0.3) is 21.5 Å². The molecular weight excluding hydrogens is 194 g/mol. The van der Waals surface area contributed by atoms with E-state index < -0.39 is 0 Å². The minimum Gasteiger partial charge on any atom is -0.463 e. The molecule has 0 spiro atoms. The number of aromatic nitrogens is 1. The molecule has 0 saturated carbocycles. The molecule has 0 aliphatic rings. The van der Waals surface area contributed by atoms with E-state index in [2.05, 4.69) is 16.5 Å². The highest BCUT2D eigenvalue weighted by molar-refractivity contribution is 7.13. The lowest BCUT2D eigenvalue weighted by Crippen LogP contribution is -1.72. The van der Waals surface area contributed by atoms with Crippen molar-refractivity contribution >= 4 is 21.6 Å². The lowest BCUT2D eigenvalue weighted by Gasteiger charge is -1.90. The maximum absolute atomic E-state index is 5.33. The average molecular weight is 201 g/mol. The lowest BCUT2D eigenvalue weighted by atomic mass is 10.2. The second-order valence-electron chi connectivity index (χ2n) is 3.00. The minimum absolute atomic E-state index is 0.836. The quantitative estimate of drug-likeness (QED) is 0.601. The van der Waals surface area contributed by atoms with Gasteiger partial charge in [0.1, 0.15) is 5.69 Å². The summed E-state index contributed by atoms with van der Waals surface area (Å²) in [5, 5.41) is 1.16. The smallest absolute Gasteiger partial charge is 0.153 e. The van der Waals surface area contributed by atoms with Crippen molar-refractivity contribution in [3.8, 4) is 11.5 Å². The van der Waals surface area contributed by atoms with Crippen molar-refractivity contribution in [2.45, 2.75) is 0 Å². The van der Waals surface area contributed by atoms with E-state index in [1.54, 1.807) is 6.26 Å². The minimum atomic E-state index is 0.836. The van der Waals surface area contributed by atoms with Crippen molar-refractivity contribution in [1.29, 1.82) is 0 Å². The summed E-state index contributed by atoms with van der Waals surface area (Å²) >= 11 is 1.50. The summed E-state index contributed by atoms with van der Waals surface area (Å²) in [6.07, 6.45) is 1.67. The number of hydrogen-bond donors (Lipinski definition) is 0. The van der Waals surface area contributed by atoms with Gasteiger partial charge in [0.2, 0.25) is 0 Å². The SMILES string of the molecule is c1coc(-c2nsc3ccccc23)c1. The molecule has 0 saturated heterocycles. The summed E-state index contributed by atoms with van der Waals surface area (Å²) in [4.78, 5) is 0. The van der Waals surface area contributed by atoms with Gasteiger partial charge in [0.15, 0.2) is 5.76 Å². The number of rotatable bonds is 1. The summed E-state index contributed by atoms with van der Waals surface area (Å²) in [5.41, 5.74) is 0.940. The molecule has 0 amide bonds. The maximum Gasteiger partial charge on any atom is 0.153 e. The molecular formula is C11H7NOS. The van der Waals surface area contributed by atoms with Gasteiger partial charge in [-0.3, -0.25) is 0 Å². The fourth-order valence-electron chi connectivity index (χ4n) is 1.48. The van der Waals surface area contributed by atoms with E-state index in [9.17, 15) is 0 Å². The molecule has 0 bridgehead atoms. The summed E-state index contributed by atoms with van der Waals surface area (Å²) in [5.74, 6) is 0.836. The summed E-state index contributed by atoms with van der Waals surface area (Å²) in [6.45, 7) is 0. The van der Waals surface area contributed by atoms with Gasteiger partial charge >= 0.3 is 0 Å². The molecule has 2 aromatic heterocycles. The molecule has 3 aromatic rings. The van der Waals surface area contributed by atoms with Crippen molar-refractivity contribution in [1.82, 2.24) is 4.37 Å². The Balaban J connectivity index is 2.33. The van der Waals surface area contributed by atoms with Crippen molar-refractivity contribution in [2.24, 2.45) is 0 Å². The fraction of sp³-hybridized carbons (Fsp3) is 0. The van der Waals surface area contributed by atoms with E-state index in [1.807, 2.05) is 24.3 Å². The Morgan fingerprint density at radius 2 is 2.00 bits per heavy atom. The molecule has 0 radical (unpaired) electrons. The van der Waals surface area contributed by atoms with Crippen LogP contribution in [0.15, 0.2) is 47.1 Å². The fourth-order valence-corrected chi connectivity index (χ4v) is 2.26. The number of furan rings is 1. The first-order valence-corrected chi connectivity index (χ1v) is 5.11.